The standard InChI is InChI=1S/C44H60N2O3/c1-4-7-10-12-14-16-18-22-36-31-40-41(32-37(43(36)47)23-19-17-15-13-11-8-5-2)46(42(45-40)26-9-6-3)33-34-27-29-35(30-28-34)38-24-20-21-25-39(38)44(48)49/h20-21,24-25,27-32H,4-19,22-23,26,33H2,1-3H3,(H,48,49). The highest BCUT2D eigenvalue weighted by Crippen LogP contribution is 2.26. The van der Waals surface area contributed by atoms with Gasteiger partial charge in [0.1, 0.15) is 5.82 Å². The van der Waals surface area contributed by atoms with Crippen LogP contribution in [0.25, 0.3) is 22.2 Å². The lowest BCUT2D eigenvalue weighted by Crippen LogP contribution is -2.12. The molecule has 0 fully saturated rings. The lowest BCUT2D eigenvalue weighted by atomic mass is 9.99. The van der Waals surface area contributed by atoms with Crippen molar-refractivity contribution in [3.05, 3.63) is 99.0 Å². The summed E-state index contributed by atoms with van der Waals surface area (Å²) in [6.07, 6.45) is 21.9. The number of carboxylic acid groups (broad SMARTS) is 1. The van der Waals surface area contributed by atoms with Gasteiger partial charge >= 0.3 is 5.97 Å². The van der Waals surface area contributed by atoms with Crippen molar-refractivity contribution in [3.63, 3.8) is 0 Å². The third-order valence-electron chi connectivity index (χ3n) is 9.94. The van der Waals surface area contributed by atoms with Gasteiger partial charge in [-0.25, -0.2) is 9.78 Å². The second-order valence-corrected chi connectivity index (χ2v) is 13.9. The summed E-state index contributed by atoms with van der Waals surface area (Å²) in [5.74, 6) is 0.147. The summed E-state index contributed by atoms with van der Waals surface area (Å²) in [5, 5.41) is 9.72. The minimum absolute atomic E-state index is 0.220. The number of rotatable bonds is 23. The van der Waals surface area contributed by atoms with Gasteiger partial charge in [0.25, 0.3) is 0 Å². The molecular formula is C44H60N2O3. The molecule has 0 spiro atoms. The van der Waals surface area contributed by atoms with E-state index in [2.05, 4.69) is 49.6 Å². The number of benzene rings is 2. The highest BCUT2D eigenvalue weighted by molar-refractivity contribution is 5.96. The average molecular weight is 665 g/mol. The summed E-state index contributed by atoms with van der Waals surface area (Å²) in [6.45, 7) is 7.37. The Morgan fingerprint density at radius 2 is 1.20 bits per heavy atom. The Kier molecular flexibility index (Phi) is 16.1. The summed E-state index contributed by atoms with van der Waals surface area (Å²) in [6, 6.07) is 19.7. The predicted octanol–water partition coefficient (Wildman–Crippen LogP) is 11.7. The lowest BCUT2D eigenvalue weighted by molar-refractivity contribution is 0.0697. The normalized spacial score (nSPS) is 11.4. The molecule has 1 heterocycles. The number of unbranched alkanes of at least 4 members (excludes halogenated alkanes) is 13. The van der Waals surface area contributed by atoms with Crippen LogP contribution < -0.4 is 5.43 Å². The van der Waals surface area contributed by atoms with Crippen molar-refractivity contribution in [3.8, 4) is 11.1 Å². The number of nitrogens with zero attached hydrogens (tertiary/aromatic N) is 2. The van der Waals surface area contributed by atoms with Crippen LogP contribution in [0.2, 0.25) is 0 Å². The van der Waals surface area contributed by atoms with Gasteiger partial charge < -0.3 is 9.67 Å². The van der Waals surface area contributed by atoms with Crippen LogP contribution in [0.4, 0.5) is 0 Å². The third-order valence-corrected chi connectivity index (χ3v) is 9.94. The maximum absolute atomic E-state index is 14.1. The van der Waals surface area contributed by atoms with E-state index < -0.39 is 5.97 Å². The molecule has 0 aliphatic carbocycles. The van der Waals surface area contributed by atoms with Crippen LogP contribution in [0, 0.1) is 0 Å². The topological polar surface area (TPSA) is 72.2 Å². The van der Waals surface area contributed by atoms with Crippen molar-refractivity contribution in [1.29, 1.82) is 0 Å². The second kappa shape index (κ2) is 20.7. The monoisotopic (exact) mass is 664 g/mol. The number of aryl methyl sites for hydroxylation is 3. The molecule has 1 aromatic heterocycles. The van der Waals surface area contributed by atoms with E-state index in [9.17, 15) is 14.7 Å². The first kappa shape index (κ1) is 38.1. The third kappa shape index (κ3) is 11.4. The molecular weight excluding hydrogens is 604 g/mol. The molecule has 0 aliphatic heterocycles. The van der Waals surface area contributed by atoms with Crippen molar-refractivity contribution < 1.29 is 9.90 Å². The van der Waals surface area contributed by atoms with Crippen molar-refractivity contribution in [2.24, 2.45) is 0 Å². The molecule has 1 N–H and O–H groups in total. The maximum Gasteiger partial charge on any atom is 0.336 e. The highest BCUT2D eigenvalue weighted by Gasteiger charge is 2.16. The number of aromatic carboxylic acids is 1. The maximum atomic E-state index is 14.1. The Bertz CT molecular complexity index is 1650. The van der Waals surface area contributed by atoms with Crippen LogP contribution in [0.5, 0.6) is 0 Å². The minimum Gasteiger partial charge on any atom is -0.478 e. The first-order valence-electron chi connectivity index (χ1n) is 19.4. The van der Waals surface area contributed by atoms with Gasteiger partial charge in [-0.05, 0) is 67.0 Å². The Morgan fingerprint density at radius 1 is 0.653 bits per heavy atom. The summed E-state index contributed by atoms with van der Waals surface area (Å²) in [4.78, 5) is 31.1. The Balaban J connectivity index is 1.65. The molecule has 264 valence electrons. The number of fused-ring (bicyclic) bond motifs is 1. The van der Waals surface area contributed by atoms with E-state index in [1.807, 2.05) is 24.3 Å². The van der Waals surface area contributed by atoms with E-state index in [1.165, 1.54) is 70.6 Å². The minimum atomic E-state index is -0.922. The quantitative estimate of drug-likeness (QED) is 0.0801. The van der Waals surface area contributed by atoms with Gasteiger partial charge in [0.15, 0.2) is 5.43 Å². The summed E-state index contributed by atoms with van der Waals surface area (Å²) >= 11 is 0. The summed E-state index contributed by atoms with van der Waals surface area (Å²) in [5.41, 5.74) is 7.10. The van der Waals surface area contributed by atoms with Gasteiger partial charge in [-0.2, -0.15) is 0 Å². The first-order chi connectivity index (χ1) is 24.0. The van der Waals surface area contributed by atoms with Gasteiger partial charge in [-0.1, -0.05) is 147 Å². The molecule has 3 aromatic carbocycles. The zero-order chi connectivity index (χ0) is 34.8. The van der Waals surface area contributed by atoms with Crippen LogP contribution in [0.15, 0.2) is 65.5 Å². The average Bonchev–Trinajstić information content (AvgIpc) is 3.36. The van der Waals surface area contributed by atoms with E-state index in [0.717, 1.165) is 96.0 Å². The fraction of sp³-hybridized carbons (Fsp3) is 0.523. The molecule has 0 saturated carbocycles. The summed E-state index contributed by atoms with van der Waals surface area (Å²) < 4.78 is 2.33. The lowest BCUT2D eigenvalue weighted by Gasteiger charge is -2.11. The fourth-order valence-electron chi connectivity index (χ4n) is 6.97. The molecule has 0 amide bonds. The van der Waals surface area contributed by atoms with Crippen LogP contribution in [0.3, 0.4) is 0 Å². The zero-order valence-corrected chi connectivity index (χ0v) is 30.6. The zero-order valence-electron chi connectivity index (χ0n) is 30.6. The van der Waals surface area contributed by atoms with Crippen LogP contribution >= 0.6 is 0 Å². The summed E-state index contributed by atoms with van der Waals surface area (Å²) in [7, 11) is 0. The number of hydrogen-bond acceptors (Lipinski definition) is 3. The molecule has 0 atom stereocenters. The smallest absolute Gasteiger partial charge is 0.336 e. The van der Waals surface area contributed by atoms with Crippen LogP contribution in [-0.4, -0.2) is 20.6 Å². The van der Waals surface area contributed by atoms with Crippen molar-refractivity contribution in [2.45, 2.75) is 149 Å². The fourth-order valence-corrected chi connectivity index (χ4v) is 6.97. The van der Waals surface area contributed by atoms with Gasteiger partial charge in [0.2, 0.25) is 0 Å². The molecule has 0 unspecified atom stereocenters. The van der Waals surface area contributed by atoms with Crippen molar-refractivity contribution >= 4 is 17.0 Å². The Morgan fingerprint density at radius 3 is 1.80 bits per heavy atom. The van der Waals surface area contributed by atoms with Gasteiger partial charge in [0, 0.05) is 24.1 Å². The van der Waals surface area contributed by atoms with Crippen molar-refractivity contribution in [2.75, 3.05) is 0 Å². The molecule has 0 saturated heterocycles. The van der Waals surface area contributed by atoms with E-state index in [0.29, 0.717) is 12.1 Å². The second-order valence-electron chi connectivity index (χ2n) is 13.9. The Labute approximate surface area is 295 Å². The Hall–Kier alpha value is -3.73. The molecule has 0 aliphatic rings. The molecule has 0 bridgehead atoms. The number of hydrogen-bond donors (Lipinski definition) is 1. The van der Waals surface area contributed by atoms with Crippen LogP contribution in [-0.2, 0) is 25.8 Å². The number of aromatic nitrogens is 2. The number of carbonyl (C=O) groups is 1. The largest absolute Gasteiger partial charge is 0.478 e. The molecule has 5 nitrogen and oxygen atoms in total. The van der Waals surface area contributed by atoms with E-state index >= 15 is 0 Å². The molecule has 49 heavy (non-hydrogen) atoms. The number of imidazole rings is 1. The van der Waals surface area contributed by atoms with Gasteiger partial charge in [0.05, 0.1) is 16.6 Å². The molecule has 4 aromatic rings. The van der Waals surface area contributed by atoms with E-state index in [1.54, 1.807) is 12.1 Å². The van der Waals surface area contributed by atoms with E-state index in [-0.39, 0.29) is 5.43 Å². The molecule has 5 heteroatoms. The molecule has 4 rings (SSSR count). The predicted molar refractivity (Wildman–Crippen MR) is 206 cm³/mol. The van der Waals surface area contributed by atoms with Gasteiger partial charge in [-0.3, -0.25) is 4.79 Å². The van der Waals surface area contributed by atoms with Crippen molar-refractivity contribution in [1.82, 2.24) is 9.55 Å². The highest BCUT2D eigenvalue weighted by atomic mass is 16.4. The molecule has 0 radical (unpaired) electrons. The van der Waals surface area contributed by atoms with E-state index in [4.69, 9.17) is 4.98 Å². The SMILES string of the molecule is CCCCCCCCCc1cc2nc(CCCC)n(Cc3ccc(-c4ccccc4C(=O)O)cc3)c2cc(CCCCCCCCC)c1=O. The van der Waals surface area contributed by atoms with Crippen LogP contribution in [0.1, 0.15) is 156 Å². The van der Waals surface area contributed by atoms with Gasteiger partial charge in [-0.15, -0.1) is 0 Å². The first-order valence-corrected chi connectivity index (χ1v) is 19.4. The number of carboxylic acids is 1.